The monoisotopic (exact) mass is 279 g/mol. The summed E-state index contributed by atoms with van der Waals surface area (Å²) in [6.07, 6.45) is 0.703. The van der Waals surface area contributed by atoms with E-state index >= 15 is 0 Å². The van der Waals surface area contributed by atoms with Gasteiger partial charge in [0, 0.05) is 6.61 Å². The smallest absolute Gasteiger partial charge is 0.322 e. The van der Waals surface area contributed by atoms with Gasteiger partial charge in [-0.15, -0.1) is 0 Å². The topological polar surface area (TPSA) is 92.7 Å². The Balaban J connectivity index is 2.70. The van der Waals surface area contributed by atoms with Crippen LogP contribution in [0.25, 0.3) is 0 Å². The van der Waals surface area contributed by atoms with Crippen molar-refractivity contribution in [2.75, 3.05) is 19.0 Å². The number of rotatable bonds is 5. The number of carboxylic acid groups (broad SMARTS) is 1. The Labute approximate surface area is 108 Å². The molecule has 1 saturated heterocycles. The molecule has 0 aromatic rings. The molecule has 1 rings (SSSR count). The third-order valence-electron chi connectivity index (χ3n) is 2.89. The molecule has 1 unspecified atom stereocenters. The van der Waals surface area contributed by atoms with Crippen LogP contribution in [0.2, 0.25) is 0 Å². The summed E-state index contributed by atoms with van der Waals surface area (Å²) in [5.74, 6) is -1.28. The SMILES string of the molecule is CC(C)(C)[C@H](NS(=O)(=O)CC1CCOC1)C(=O)O. The van der Waals surface area contributed by atoms with Crippen LogP contribution in [0.4, 0.5) is 0 Å². The van der Waals surface area contributed by atoms with E-state index in [1.165, 1.54) is 0 Å². The quantitative estimate of drug-likeness (QED) is 0.762. The normalized spacial score (nSPS) is 22.9. The predicted octanol–water partition coefficient (Wildman–Crippen LogP) is 0.442. The van der Waals surface area contributed by atoms with Crippen LogP contribution in [0.5, 0.6) is 0 Å². The summed E-state index contributed by atoms with van der Waals surface area (Å²) in [6, 6.07) is -1.12. The summed E-state index contributed by atoms with van der Waals surface area (Å²) < 4.78 is 31.2. The summed E-state index contributed by atoms with van der Waals surface area (Å²) in [5.41, 5.74) is -0.676. The number of carbonyl (C=O) groups is 1. The van der Waals surface area contributed by atoms with Gasteiger partial charge < -0.3 is 9.84 Å². The minimum Gasteiger partial charge on any atom is -0.480 e. The van der Waals surface area contributed by atoms with Crippen LogP contribution in [-0.4, -0.2) is 44.5 Å². The van der Waals surface area contributed by atoms with Crippen LogP contribution in [0, 0.1) is 11.3 Å². The second kappa shape index (κ2) is 5.54. The van der Waals surface area contributed by atoms with Gasteiger partial charge in [-0.1, -0.05) is 20.8 Å². The molecule has 7 heteroatoms. The highest BCUT2D eigenvalue weighted by molar-refractivity contribution is 7.89. The molecule has 2 N–H and O–H groups in total. The molecule has 0 bridgehead atoms. The molecular weight excluding hydrogens is 258 g/mol. The zero-order valence-corrected chi connectivity index (χ0v) is 11.8. The molecule has 106 valence electrons. The average Bonchev–Trinajstić information content (AvgIpc) is 2.64. The molecule has 1 aliphatic heterocycles. The Morgan fingerprint density at radius 2 is 2.11 bits per heavy atom. The van der Waals surface area contributed by atoms with Crippen molar-refractivity contribution in [3.8, 4) is 0 Å². The lowest BCUT2D eigenvalue weighted by Crippen LogP contribution is -2.50. The first-order valence-electron chi connectivity index (χ1n) is 5.92. The van der Waals surface area contributed by atoms with E-state index in [9.17, 15) is 13.2 Å². The Bertz CT molecular complexity index is 392. The van der Waals surface area contributed by atoms with Gasteiger partial charge in [-0.3, -0.25) is 4.79 Å². The summed E-state index contributed by atoms with van der Waals surface area (Å²) in [5, 5.41) is 9.08. The molecule has 1 heterocycles. The number of carboxylic acids is 1. The fraction of sp³-hybridized carbons (Fsp3) is 0.909. The molecule has 0 saturated carbocycles. The second-order valence-corrected chi connectivity index (χ2v) is 7.56. The zero-order chi connectivity index (χ0) is 14.0. The van der Waals surface area contributed by atoms with E-state index in [0.717, 1.165) is 0 Å². The van der Waals surface area contributed by atoms with Crippen LogP contribution < -0.4 is 4.72 Å². The van der Waals surface area contributed by atoms with Crippen LogP contribution in [0.15, 0.2) is 0 Å². The molecule has 6 nitrogen and oxygen atoms in total. The third-order valence-corrected chi connectivity index (χ3v) is 4.39. The van der Waals surface area contributed by atoms with Crippen molar-refractivity contribution in [2.45, 2.75) is 33.2 Å². The molecule has 0 aliphatic carbocycles. The van der Waals surface area contributed by atoms with Gasteiger partial charge in [-0.2, -0.15) is 0 Å². The Hall–Kier alpha value is -0.660. The fourth-order valence-corrected chi connectivity index (χ4v) is 3.64. The fourth-order valence-electron chi connectivity index (χ4n) is 1.85. The lowest BCUT2D eigenvalue weighted by molar-refractivity contribution is -0.141. The van der Waals surface area contributed by atoms with Gasteiger partial charge in [0.1, 0.15) is 6.04 Å². The molecule has 0 radical (unpaired) electrons. The zero-order valence-electron chi connectivity index (χ0n) is 11.0. The van der Waals surface area contributed by atoms with Gasteiger partial charge >= 0.3 is 5.97 Å². The maximum absolute atomic E-state index is 11.9. The predicted molar refractivity (Wildman–Crippen MR) is 66.7 cm³/mol. The molecular formula is C11H21NO5S. The highest BCUT2D eigenvalue weighted by atomic mass is 32.2. The summed E-state index contributed by atoms with van der Waals surface area (Å²) in [6.45, 7) is 6.06. The minimum atomic E-state index is -3.60. The van der Waals surface area contributed by atoms with Crippen molar-refractivity contribution in [2.24, 2.45) is 11.3 Å². The molecule has 18 heavy (non-hydrogen) atoms. The summed E-state index contributed by atoms with van der Waals surface area (Å²) in [4.78, 5) is 11.1. The highest BCUT2D eigenvalue weighted by Crippen LogP contribution is 2.21. The minimum absolute atomic E-state index is 0.0445. The first-order chi connectivity index (χ1) is 8.12. The molecule has 2 atom stereocenters. The van der Waals surface area contributed by atoms with Crippen LogP contribution >= 0.6 is 0 Å². The number of ether oxygens (including phenoxy) is 1. The van der Waals surface area contributed by atoms with Gasteiger partial charge in [0.05, 0.1) is 12.4 Å². The Morgan fingerprint density at radius 1 is 1.50 bits per heavy atom. The summed E-state index contributed by atoms with van der Waals surface area (Å²) >= 11 is 0. The van der Waals surface area contributed by atoms with E-state index in [2.05, 4.69) is 4.72 Å². The van der Waals surface area contributed by atoms with E-state index in [0.29, 0.717) is 19.6 Å². The van der Waals surface area contributed by atoms with Crippen molar-refractivity contribution < 1.29 is 23.1 Å². The van der Waals surface area contributed by atoms with E-state index in [-0.39, 0.29) is 11.7 Å². The number of hydrogen-bond donors (Lipinski definition) is 2. The number of sulfonamides is 1. The van der Waals surface area contributed by atoms with Crippen LogP contribution in [0.1, 0.15) is 27.2 Å². The van der Waals surface area contributed by atoms with Crippen molar-refractivity contribution in [3.05, 3.63) is 0 Å². The average molecular weight is 279 g/mol. The maximum atomic E-state index is 11.9. The van der Waals surface area contributed by atoms with Gasteiger partial charge in [0.15, 0.2) is 0 Å². The molecule has 1 fully saturated rings. The van der Waals surface area contributed by atoms with Crippen LogP contribution in [-0.2, 0) is 19.6 Å². The van der Waals surface area contributed by atoms with Crippen molar-refractivity contribution in [1.82, 2.24) is 4.72 Å². The first kappa shape index (κ1) is 15.4. The molecule has 0 amide bonds. The summed E-state index contributed by atoms with van der Waals surface area (Å²) in [7, 11) is -3.60. The number of aliphatic carboxylic acids is 1. The van der Waals surface area contributed by atoms with Gasteiger partial charge in [0.25, 0.3) is 0 Å². The van der Waals surface area contributed by atoms with Crippen molar-refractivity contribution in [1.29, 1.82) is 0 Å². The molecule has 0 aromatic carbocycles. The number of hydrogen-bond acceptors (Lipinski definition) is 4. The van der Waals surface area contributed by atoms with Crippen molar-refractivity contribution in [3.63, 3.8) is 0 Å². The van der Waals surface area contributed by atoms with Gasteiger partial charge in [0.2, 0.25) is 10.0 Å². The van der Waals surface area contributed by atoms with Crippen LogP contribution in [0.3, 0.4) is 0 Å². The Morgan fingerprint density at radius 3 is 2.50 bits per heavy atom. The largest absolute Gasteiger partial charge is 0.480 e. The van der Waals surface area contributed by atoms with Gasteiger partial charge in [-0.25, -0.2) is 13.1 Å². The second-order valence-electron chi connectivity index (χ2n) is 5.77. The van der Waals surface area contributed by atoms with Crippen molar-refractivity contribution >= 4 is 16.0 Å². The Kier molecular flexibility index (Phi) is 4.74. The number of nitrogens with one attached hydrogen (secondary N) is 1. The molecule has 0 spiro atoms. The standard InChI is InChI=1S/C11H21NO5S/c1-11(2,3)9(10(13)14)12-18(15,16)7-8-4-5-17-6-8/h8-9,12H,4-7H2,1-3H3,(H,13,14)/t8?,9-/m1/s1. The van der Waals surface area contributed by atoms with E-state index in [1.807, 2.05) is 0 Å². The maximum Gasteiger partial charge on any atom is 0.322 e. The highest BCUT2D eigenvalue weighted by Gasteiger charge is 2.35. The van der Waals surface area contributed by atoms with E-state index in [1.54, 1.807) is 20.8 Å². The van der Waals surface area contributed by atoms with E-state index in [4.69, 9.17) is 9.84 Å². The first-order valence-corrected chi connectivity index (χ1v) is 7.57. The molecule has 0 aromatic heterocycles. The lowest BCUT2D eigenvalue weighted by atomic mass is 9.88. The van der Waals surface area contributed by atoms with E-state index < -0.39 is 27.4 Å². The lowest BCUT2D eigenvalue weighted by Gasteiger charge is -2.27. The van der Waals surface area contributed by atoms with Gasteiger partial charge in [-0.05, 0) is 17.8 Å². The third kappa shape index (κ3) is 4.55. The molecule has 1 aliphatic rings.